The zero-order valence-corrected chi connectivity index (χ0v) is 10.1. The highest BCUT2D eigenvalue weighted by Gasteiger charge is 2.15. The van der Waals surface area contributed by atoms with Crippen LogP contribution in [-0.2, 0) is 0 Å². The molecule has 2 aromatic heterocycles. The first kappa shape index (κ1) is 11.1. The molecule has 0 saturated heterocycles. The average molecular weight is 238 g/mol. The number of aldehydes is 1. The van der Waals surface area contributed by atoms with Gasteiger partial charge in [0.1, 0.15) is 16.6 Å². The summed E-state index contributed by atoms with van der Waals surface area (Å²) in [5, 5.41) is 1.03. The first-order valence-electron chi connectivity index (χ1n) is 5.05. The smallest absolute Gasteiger partial charge is 0.153 e. The van der Waals surface area contributed by atoms with Crippen molar-refractivity contribution < 1.29 is 4.79 Å². The second kappa shape index (κ2) is 3.87. The lowest BCUT2D eigenvalue weighted by Crippen LogP contribution is -2.00. The van der Waals surface area contributed by atoms with Gasteiger partial charge in [-0.05, 0) is 6.92 Å². The molecule has 16 heavy (non-hydrogen) atoms. The molecule has 5 heteroatoms. The van der Waals surface area contributed by atoms with Crippen LogP contribution in [0.2, 0.25) is 5.15 Å². The second-order valence-corrected chi connectivity index (χ2v) is 4.39. The molecule has 0 fully saturated rings. The third kappa shape index (κ3) is 1.59. The van der Waals surface area contributed by atoms with Crippen LogP contribution >= 0.6 is 11.6 Å². The van der Waals surface area contributed by atoms with Crippen LogP contribution in [0.3, 0.4) is 0 Å². The quantitative estimate of drug-likeness (QED) is 0.817. The summed E-state index contributed by atoms with van der Waals surface area (Å²) in [6.45, 7) is 5.89. The first-order valence-corrected chi connectivity index (χ1v) is 5.43. The average Bonchev–Trinajstić information content (AvgIpc) is 2.53. The number of carbonyl (C=O) groups is 1. The number of nitrogens with zero attached hydrogens (tertiary/aromatic N) is 2. The second-order valence-electron chi connectivity index (χ2n) is 4.02. The normalized spacial score (nSPS) is 11.3. The molecule has 2 aromatic rings. The predicted molar refractivity (Wildman–Crippen MR) is 63.1 cm³/mol. The molecule has 0 bridgehead atoms. The van der Waals surface area contributed by atoms with Crippen molar-refractivity contribution in [2.24, 2.45) is 0 Å². The molecule has 2 heterocycles. The van der Waals surface area contributed by atoms with Crippen molar-refractivity contribution in [2.75, 3.05) is 0 Å². The van der Waals surface area contributed by atoms with Crippen molar-refractivity contribution in [3.8, 4) is 0 Å². The van der Waals surface area contributed by atoms with E-state index in [1.54, 1.807) is 0 Å². The van der Waals surface area contributed by atoms with E-state index in [2.05, 4.69) is 15.0 Å². The van der Waals surface area contributed by atoms with Crippen molar-refractivity contribution in [3.05, 3.63) is 22.2 Å². The van der Waals surface area contributed by atoms with Gasteiger partial charge in [0.25, 0.3) is 0 Å². The number of hydrogen-bond acceptors (Lipinski definition) is 3. The number of aromatic amines is 1. The van der Waals surface area contributed by atoms with Crippen LogP contribution in [0.4, 0.5) is 0 Å². The van der Waals surface area contributed by atoms with Gasteiger partial charge in [0.15, 0.2) is 6.29 Å². The van der Waals surface area contributed by atoms with E-state index in [0.29, 0.717) is 21.7 Å². The molecule has 0 aliphatic rings. The fraction of sp³-hybridized carbons (Fsp3) is 0.364. The van der Waals surface area contributed by atoms with E-state index in [9.17, 15) is 4.79 Å². The number of nitrogens with one attached hydrogen (secondary N) is 1. The van der Waals surface area contributed by atoms with Crippen LogP contribution in [-0.4, -0.2) is 21.2 Å². The fourth-order valence-corrected chi connectivity index (χ4v) is 1.89. The standard InChI is InChI=1S/C11H12ClN3O/c1-5(2)10-13-6(3)8-7(4-16)9(12)14-11(8)15-10/h4-5H,1-3H3,(H,13,14,15). The lowest BCUT2D eigenvalue weighted by atomic mass is 10.1. The minimum Gasteiger partial charge on any atom is -0.330 e. The molecule has 0 aliphatic heterocycles. The van der Waals surface area contributed by atoms with Crippen molar-refractivity contribution >= 4 is 28.9 Å². The van der Waals surface area contributed by atoms with Gasteiger partial charge in [-0.3, -0.25) is 4.79 Å². The van der Waals surface area contributed by atoms with E-state index < -0.39 is 0 Å². The van der Waals surface area contributed by atoms with E-state index >= 15 is 0 Å². The molecule has 1 N–H and O–H groups in total. The van der Waals surface area contributed by atoms with Crippen LogP contribution in [0.25, 0.3) is 11.0 Å². The van der Waals surface area contributed by atoms with Crippen LogP contribution in [0.5, 0.6) is 0 Å². The summed E-state index contributed by atoms with van der Waals surface area (Å²) in [7, 11) is 0. The van der Waals surface area contributed by atoms with Crippen LogP contribution in [0.1, 0.15) is 41.6 Å². The van der Waals surface area contributed by atoms with Gasteiger partial charge in [0.05, 0.1) is 16.6 Å². The third-order valence-corrected chi connectivity index (χ3v) is 2.77. The Hall–Kier alpha value is -1.42. The highest BCUT2D eigenvalue weighted by atomic mass is 35.5. The molecule has 0 unspecified atom stereocenters. The summed E-state index contributed by atoms with van der Waals surface area (Å²) in [5.41, 5.74) is 1.84. The molecule has 0 atom stereocenters. The van der Waals surface area contributed by atoms with Gasteiger partial charge in [0.2, 0.25) is 0 Å². The molecule has 0 saturated carbocycles. The number of H-pyrrole nitrogens is 1. The summed E-state index contributed by atoms with van der Waals surface area (Å²) in [4.78, 5) is 22.5. The highest BCUT2D eigenvalue weighted by Crippen LogP contribution is 2.26. The molecule has 0 aliphatic carbocycles. The monoisotopic (exact) mass is 237 g/mol. The van der Waals surface area contributed by atoms with Gasteiger partial charge in [-0.2, -0.15) is 0 Å². The molecule has 0 spiro atoms. The largest absolute Gasteiger partial charge is 0.330 e. The van der Waals surface area contributed by atoms with Gasteiger partial charge in [-0.1, -0.05) is 25.4 Å². The van der Waals surface area contributed by atoms with E-state index in [1.807, 2.05) is 20.8 Å². The van der Waals surface area contributed by atoms with E-state index in [-0.39, 0.29) is 5.92 Å². The SMILES string of the molecule is Cc1nc(C(C)C)nc2[nH]c(Cl)c(C=O)c12. The molecular formula is C11H12ClN3O. The molecule has 84 valence electrons. The van der Waals surface area contributed by atoms with E-state index in [4.69, 9.17) is 11.6 Å². The molecule has 2 rings (SSSR count). The van der Waals surface area contributed by atoms with Crippen molar-refractivity contribution in [1.29, 1.82) is 0 Å². The Bertz CT molecular complexity index is 560. The van der Waals surface area contributed by atoms with Crippen molar-refractivity contribution in [3.63, 3.8) is 0 Å². The lowest BCUT2D eigenvalue weighted by molar-refractivity contribution is 0.112. The summed E-state index contributed by atoms with van der Waals surface area (Å²) < 4.78 is 0. The topological polar surface area (TPSA) is 58.6 Å². The van der Waals surface area contributed by atoms with Crippen LogP contribution in [0.15, 0.2) is 0 Å². The number of aromatic nitrogens is 3. The number of fused-ring (bicyclic) bond motifs is 1. The maximum atomic E-state index is 10.9. The number of carbonyl (C=O) groups excluding carboxylic acids is 1. The van der Waals surface area contributed by atoms with Gasteiger partial charge < -0.3 is 4.98 Å². The number of hydrogen-bond donors (Lipinski definition) is 1. The third-order valence-electron chi connectivity index (χ3n) is 2.48. The van der Waals surface area contributed by atoms with Crippen molar-refractivity contribution in [2.45, 2.75) is 26.7 Å². The Morgan fingerprint density at radius 1 is 1.38 bits per heavy atom. The first-order chi connectivity index (χ1) is 7.54. The minimum atomic E-state index is 0.241. The van der Waals surface area contributed by atoms with Gasteiger partial charge in [-0.15, -0.1) is 0 Å². The maximum absolute atomic E-state index is 10.9. The lowest BCUT2D eigenvalue weighted by Gasteiger charge is -2.05. The molecule has 0 aromatic carbocycles. The predicted octanol–water partition coefficient (Wildman–Crippen LogP) is 2.86. The molecule has 0 amide bonds. The van der Waals surface area contributed by atoms with Crippen molar-refractivity contribution in [1.82, 2.24) is 15.0 Å². The van der Waals surface area contributed by atoms with Crippen LogP contribution < -0.4 is 0 Å². The highest BCUT2D eigenvalue weighted by molar-refractivity contribution is 6.33. The fourth-order valence-electron chi connectivity index (χ4n) is 1.66. The zero-order valence-electron chi connectivity index (χ0n) is 9.34. The van der Waals surface area contributed by atoms with Gasteiger partial charge >= 0.3 is 0 Å². The Morgan fingerprint density at radius 2 is 2.06 bits per heavy atom. The Kier molecular flexibility index (Phi) is 2.68. The van der Waals surface area contributed by atoms with E-state index in [1.165, 1.54) is 0 Å². The molecular weight excluding hydrogens is 226 g/mol. The Labute approximate surface area is 98.1 Å². The molecule has 0 radical (unpaired) electrons. The summed E-state index contributed by atoms with van der Waals surface area (Å²) in [6.07, 6.45) is 0.729. The van der Waals surface area contributed by atoms with E-state index in [0.717, 1.165) is 17.8 Å². The summed E-state index contributed by atoms with van der Waals surface area (Å²) >= 11 is 5.92. The number of halogens is 1. The maximum Gasteiger partial charge on any atom is 0.153 e. The Balaban J connectivity index is 2.81. The molecule has 4 nitrogen and oxygen atoms in total. The minimum absolute atomic E-state index is 0.241. The Morgan fingerprint density at radius 3 is 2.62 bits per heavy atom. The summed E-state index contributed by atoms with van der Waals surface area (Å²) in [6, 6.07) is 0. The van der Waals surface area contributed by atoms with Crippen LogP contribution in [0, 0.1) is 6.92 Å². The van der Waals surface area contributed by atoms with Gasteiger partial charge in [0, 0.05) is 5.92 Å². The number of rotatable bonds is 2. The number of aryl methyl sites for hydroxylation is 1. The zero-order chi connectivity index (χ0) is 11.9. The van der Waals surface area contributed by atoms with Gasteiger partial charge in [-0.25, -0.2) is 9.97 Å². The summed E-state index contributed by atoms with van der Waals surface area (Å²) in [5.74, 6) is 0.991.